The largest absolute Gasteiger partial charge is 0.416 e. The highest BCUT2D eigenvalue weighted by Gasteiger charge is 2.31. The fourth-order valence-corrected chi connectivity index (χ4v) is 2.51. The molecule has 0 radical (unpaired) electrons. The van der Waals surface area contributed by atoms with Crippen LogP contribution in [-0.4, -0.2) is 31.8 Å². The number of nitrogens with one attached hydrogen (secondary N) is 2. The second kappa shape index (κ2) is 8.89. The summed E-state index contributed by atoms with van der Waals surface area (Å²) in [5, 5.41) is 6.18. The van der Waals surface area contributed by atoms with Crippen molar-refractivity contribution in [1.82, 2.24) is 10.6 Å². The van der Waals surface area contributed by atoms with Gasteiger partial charge in [-0.1, -0.05) is 12.1 Å². The van der Waals surface area contributed by atoms with Crippen LogP contribution in [-0.2, 0) is 17.5 Å². The highest BCUT2D eigenvalue weighted by Crippen LogP contribution is 2.29. The normalized spacial score (nSPS) is 21.3. The number of nitrogens with zero attached hydrogens (tertiary/aromatic N) is 1. The Bertz CT molecular complexity index is 558. The third-order valence-corrected chi connectivity index (χ3v) is 3.87. The molecule has 0 bridgehead atoms. The van der Waals surface area contributed by atoms with Crippen LogP contribution in [0.5, 0.6) is 0 Å². The average molecular weight is 457 g/mol. The van der Waals surface area contributed by atoms with Gasteiger partial charge in [0, 0.05) is 26.7 Å². The molecule has 0 aliphatic carbocycles. The number of guanidine groups is 1. The lowest BCUT2D eigenvalue weighted by atomic mass is 10.0. The quantitative estimate of drug-likeness (QED) is 0.413. The number of hydrogen-bond donors (Lipinski definition) is 2. The Morgan fingerprint density at radius 3 is 2.67 bits per heavy atom. The molecule has 24 heavy (non-hydrogen) atoms. The molecule has 1 saturated heterocycles. The minimum atomic E-state index is -4.33. The lowest BCUT2D eigenvalue weighted by Gasteiger charge is -2.24. The van der Waals surface area contributed by atoms with Crippen LogP contribution in [0, 0.1) is 0 Å². The van der Waals surface area contributed by atoms with Gasteiger partial charge in [-0.3, -0.25) is 4.99 Å². The van der Waals surface area contributed by atoms with E-state index in [1.807, 2.05) is 6.92 Å². The molecule has 0 spiro atoms. The van der Waals surface area contributed by atoms with Crippen molar-refractivity contribution >= 4 is 29.9 Å². The molecule has 0 saturated carbocycles. The summed E-state index contributed by atoms with van der Waals surface area (Å²) in [6.07, 6.45) is -2.32. The third-order valence-electron chi connectivity index (χ3n) is 3.87. The number of benzene rings is 1. The van der Waals surface area contributed by atoms with E-state index in [2.05, 4.69) is 15.6 Å². The number of hydrogen-bond acceptors (Lipinski definition) is 2. The zero-order chi connectivity index (χ0) is 16.9. The smallest absolute Gasteiger partial charge is 0.373 e. The summed E-state index contributed by atoms with van der Waals surface area (Å²) in [4.78, 5) is 4.08. The molecule has 1 aromatic rings. The molecule has 1 aromatic carbocycles. The maximum atomic E-state index is 12.7. The van der Waals surface area contributed by atoms with Crippen LogP contribution in [0.2, 0.25) is 0 Å². The summed E-state index contributed by atoms with van der Waals surface area (Å²) in [6.45, 7) is 3.66. The summed E-state index contributed by atoms with van der Waals surface area (Å²) in [6, 6.07) is 5.26. The van der Waals surface area contributed by atoms with Crippen LogP contribution in [0.4, 0.5) is 13.2 Å². The van der Waals surface area contributed by atoms with Crippen LogP contribution >= 0.6 is 24.0 Å². The van der Waals surface area contributed by atoms with Crippen molar-refractivity contribution in [3.05, 3.63) is 35.4 Å². The zero-order valence-corrected chi connectivity index (χ0v) is 16.1. The van der Waals surface area contributed by atoms with E-state index < -0.39 is 11.7 Å². The monoisotopic (exact) mass is 457 g/mol. The van der Waals surface area contributed by atoms with Crippen molar-refractivity contribution in [1.29, 1.82) is 0 Å². The van der Waals surface area contributed by atoms with Gasteiger partial charge < -0.3 is 15.4 Å². The third kappa shape index (κ3) is 6.12. The topological polar surface area (TPSA) is 45.7 Å². The van der Waals surface area contributed by atoms with Crippen LogP contribution in [0.15, 0.2) is 29.3 Å². The van der Waals surface area contributed by atoms with Gasteiger partial charge in [0.2, 0.25) is 0 Å². The second-order valence-electron chi connectivity index (χ2n) is 5.88. The number of ether oxygens (including phenoxy) is 1. The number of alkyl halides is 3. The Balaban J connectivity index is 0.00000288. The fraction of sp³-hybridized carbons (Fsp3) is 0.562. The van der Waals surface area contributed by atoms with Gasteiger partial charge in [0.1, 0.15) is 0 Å². The molecule has 1 aliphatic rings. The first kappa shape index (κ1) is 21.0. The van der Waals surface area contributed by atoms with E-state index in [9.17, 15) is 13.2 Å². The molecule has 2 N–H and O–H groups in total. The van der Waals surface area contributed by atoms with E-state index in [1.165, 1.54) is 6.07 Å². The minimum Gasteiger partial charge on any atom is -0.373 e. The van der Waals surface area contributed by atoms with Gasteiger partial charge in [-0.25, -0.2) is 0 Å². The number of halogens is 4. The molecule has 1 unspecified atom stereocenters. The van der Waals surface area contributed by atoms with Crippen LogP contribution in [0.3, 0.4) is 0 Å². The van der Waals surface area contributed by atoms with E-state index >= 15 is 0 Å². The Morgan fingerprint density at radius 1 is 1.33 bits per heavy atom. The Labute approximate surface area is 157 Å². The van der Waals surface area contributed by atoms with Crippen LogP contribution < -0.4 is 10.6 Å². The summed E-state index contributed by atoms with van der Waals surface area (Å²) >= 11 is 0. The maximum Gasteiger partial charge on any atom is 0.416 e. The molecule has 136 valence electrons. The Hall–Kier alpha value is -1.03. The van der Waals surface area contributed by atoms with Gasteiger partial charge in [-0.05, 0) is 37.5 Å². The number of aliphatic imine (C=N–C) groups is 1. The van der Waals surface area contributed by atoms with Crippen LogP contribution in [0.25, 0.3) is 0 Å². The van der Waals surface area contributed by atoms with Crippen LogP contribution in [0.1, 0.15) is 30.9 Å². The zero-order valence-electron chi connectivity index (χ0n) is 13.7. The molecule has 4 nitrogen and oxygen atoms in total. The Morgan fingerprint density at radius 2 is 2.08 bits per heavy atom. The first-order valence-electron chi connectivity index (χ1n) is 7.57. The average Bonchev–Trinajstić information content (AvgIpc) is 2.94. The molecule has 0 aromatic heterocycles. The lowest BCUT2D eigenvalue weighted by molar-refractivity contribution is -0.137. The predicted molar refractivity (Wildman–Crippen MR) is 98.7 cm³/mol. The molecule has 1 heterocycles. The fourth-order valence-electron chi connectivity index (χ4n) is 2.51. The van der Waals surface area contributed by atoms with E-state index in [-0.39, 0.29) is 36.1 Å². The van der Waals surface area contributed by atoms with Crippen molar-refractivity contribution in [2.45, 2.75) is 38.1 Å². The molecule has 0 amide bonds. The predicted octanol–water partition coefficient (Wildman–Crippen LogP) is 3.56. The van der Waals surface area contributed by atoms with Crippen molar-refractivity contribution < 1.29 is 17.9 Å². The highest BCUT2D eigenvalue weighted by atomic mass is 127. The lowest BCUT2D eigenvalue weighted by Crippen LogP contribution is -2.45. The van der Waals surface area contributed by atoms with Gasteiger partial charge in [0.05, 0.1) is 11.2 Å². The molecule has 8 heteroatoms. The second-order valence-corrected chi connectivity index (χ2v) is 5.88. The molecule has 1 aliphatic heterocycles. The summed E-state index contributed by atoms with van der Waals surface area (Å²) < 4.78 is 43.8. The van der Waals surface area contributed by atoms with Crippen molar-refractivity contribution in [3.8, 4) is 0 Å². The molecule has 2 rings (SSSR count). The minimum absolute atomic E-state index is 0. The van der Waals surface area contributed by atoms with Crippen molar-refractivity contribution in [2.75, 3.05) is 20.2 Å². The van der Waals surface area contributed by atoms with E-state index in [1.54, 1.807) is 13.1 Å². The van der Waals surface area contributed by atoms with Crippen molar-refractivity contribution in [2.24, 2.45) is 4.99 Å². The van der Waals surface area contributed by atoms with E-state index in [0.29, 0.717) is 18.1 Å². The standard InChI is InChI=1S/C16H22F3N3O.HI/c1-15(7-4-8-23-15)11-22-14(20-2)21-10-12-5-3-6-13(9-12)16(17,18)19;/h3,5-6,9H,4,7-8,10-11H2,1-2H3,(H2,20,21,22);1H. The molecular weight excluding hydrogens is 434 g/mol. The van der Waals surface area contributed by atoms with Gasteiger partial charge in [0.15, 0.2) is 5.96 Å². The molecule has 1 fully saturated rings. The number of rotatable bonds is 4. The van der Waals surface area contributed by atoms with Gasteiger partial charge >= 0.3 is 6.18 Å². The van der Waals surface area contributed by atoms with E-state index in [0.717, 1.165) is 31.6 Å². The van der Waals surface area contributed by atoms with Gasteiger partial charge in [-0.15, -0.1) is 24.0 Å². The summed E-state index contributed by atoms with van der Waals surface area (Å²) in [5.41, 5.74) is -0.314. The molecule has 1 atom stereocenters. The summed E-state index contributed by atoms with van der Waals surface area (Å²) in [7, 11) is 1.62. The van der Waals surface area contributed by atoms with Crippen molar-refractivity contribution in [3.63, 3.8) is 0 Å². The SMILES string of the molecule is CN=C(NCc1cccc(C(F)(F)F)c1)NCC1(C)CCCO1.I. The summed E-state index contributed by atoms with van der Waals surface area (Å²) in [5.74, 6) is 0.541. The van der Waals surface area contributed by atoms with E-state index in [4.69, 9.17) is 4.74 Å². The Kier molecular flexibility index (Phi) is 7.78. The maximum absolute atomic E-state index is 12.7. The van der Waals surface area contributed by atoms with Gasteiger partial charge in [-0.2, -0.15) is 13.2 Å². The molecular formula is C16H23F3IN3O. The highest BCUT2D eigenvalue weighted by molar-refractivity contribution is 14.0. The first-order valence-corrected chi connectivity index (χ1v) is 7.57. The van der Waals surface area contributed by atoms with Gasteiger partial charge in [0.25, 0.3) is 0 Å². The first-order chi connectivity index (χ1) is 10.8.